The van der Waals surface area contributed by atoms with E-state index < -0.39 is 0 Å². The van der Waals surface area contributed by atoms with E-state index in [1.807, 2.05) is 25.1 Å². The first-order valence-electron chi connectivity index (χ1n) is 4.46. The summed E-state index contributed by atoms with van der Waals surface area (Å²) in [5.41, 5.74) is 1.34. The molecule has 65 valence electrons. The van der Waals surface area contributed by atoms with Crippen molar-refractivity contribution in [1.29, 1.82) is 0 Å². The molecule has 0 saturated heterocycles. The van der Waals surface area contributed by atoms with E-state index in [4.69, 9.17) is 4.74 Å². The van der Waals surface area contributed by atoms with E-state index in [9.17, 15) is 0 Å². The third kappa shape index (κ3) is 3.54. The van der Waals surface area contributed by atoms with Crippen LogP contribution in [0.5, 0.6) is 0 Å². The molecule has 1 nitrogen and oxygen atoms in total. The summed E-state index contributed by atoms with van der Waals surface area (Å²) in [5.74, 6) is 0. The van der Waals surface area contributed by atoms with Crippen LogP contribution in [-0.4, -0.2) is 13.2 Å². The van der Waals surface area contributed by atoms with Gasteiger partial charge >= 0.3 is 0 Å². The SMILES string of the molecule is CCOCCCc1c[c]ccc1. The molecule has 1 radical (unpaired) electrons. The van der Waals surface area contributed by atoms with Gasteiger partial charge in [0, 0.05) is 13.2 Å². The van der Waals surface area contributed by atoms with Gasteiger partial charge in [0.25, 0.3) is 0 Å². The third-order valence-corrected chi connectivity index (χ3v) is 1.73. The summed E-state index contributed by atoms with van der Waals surface area (Å²) < 4.78 is 5.25. The van der Waals surface area contributed by atoms with Gasteiger partial charge in [0.1, 0.15) is 0 Å². The Morgan fingerprint density at radius 2 is 2.42 bits per heavy atom. The average molecular weight is 163 g/mol. The second-order valence-electron chi connectivity index (χ2n) is 2.71. The van der Waals surface area contributed by atoms with E-state index in [0.29, 0.717) is 0 Å². The Kier molecular flexibility index (Phi) is 4.47. The van der Waals surface area contributed by atoms with Crippen LogP contribution in [0.1, 0.15) is 18.9 Å². The van der Waals surface area contributed by atoms with Crippen molar-refractivity contribution in [1.82, 2.24) is 0 Å². The Balaban J connectivity index is 2.16. The van der Waals surface area contributed by atoms with Crippen LogP contribution in [0.25, 0.3) is 0 Å². The van der Waals surface area contributed by atoms with E-state index in [0.717, 1.165) is 26.1 Å². The zero-order chi connectivity index (χ0) is 8.65. The quantitative estimate of drug-likeness (QED) is 0.606. The molecule has 1 rings (SSSR count). The fraction of sp³-hybridized carbons (Fsp3) is 0.455. The van der Waals surface area contributed by atoms with Gasteiger partial charge in [-0.1, -0.05) is 24.3 Å². The molecule has 1 heteroatoms. The lowest BCUT2D eigenvalue weighted by atomic mass is 10.1. The van der Waals surface area contributed by atoms with Crippen LogP contribution < -0.4 is 0 Å². The molecule has 0 spiro atoms. The van der Waals surface area contributed by atoms with E-state index in [2.05, 4.69) is 12.1 Å². The van der Waals surface area contributed by atoms with Gasteiger partial charge < -0.3 is 4.74 Å². The number of aryl methyl sites for hydroxylation is 1. The molecular formula is C11H15O. The highest BCUT2D eigenvalue weighted by atomic mass is 16.5. The predicted octanol–water partition coefficient (Wildman–Crippen LogP) is 2.46. The van der Waals surface area contributed by atoms with Crippen molar-refractivity contribution in [3.05, 3.63) is 35.9 Å². The molecule has 0 aromatic heterocycles. The maximum absolute atomic E-state index is 5.25. The van der Waals surface area contributed by atoms with E-state index >= 15 is 0 Å². The molecule has 0 saturated carbocycles. The molecule has 0 aliphatic carbocycles. The van der Waals surface area contributed by atoms with Crippen molar-refractivity contribution in [2.45, 2.75) is 19.8 Å². The molecule has 1 aromatic carbocycles. The first kappa shape index (κ1) is 9.27. The molecule has 0 unspecified atom stereocenters. The summed E-state index contributed by atoms with van der Waals surface area (Å²) >= 11 is 0. The molecule has 0 atom stereocenters. The largest absolute Gasteiger partial charge is 0.382 e. The molecule has 0 N–H and O–H groups in total. The van der Waals surface area contributed by atoms with Gasteiger partial charge in [0.2, 0.25) is 0 Å². The van der Waals surface area contributed by atoms with Crippen LogP contribution in [0.3, 0.4) is 0 Å². The van der Waals surface area contributed by atoms with E-state index in [-0.39, 0.29) is 0 Å². The zero-order valence-corrected chi connectivity index (χ0v) is 7.55. The number of rotatable bonds is 5. The molecule has 0 heterocycles. The van der Waals surface area contributed by atoms with Crippen LogP contribution in [0.15, 0.2) is 24.3 Å². The summed E-state index contributed by atoms with van der Waals surface area (Å²) in [6.45, 7) is 3.71. The lowest BCUT2D eigenvalue weighted by Crippen LogP contribution is -1.95. The van der Waals surface area contributed by atoms with Crippen molar-refractivity contribution < 1.29 is 4.74 Å². The standard InChI is InChI=1S/C11H15O/c1-2-12-10-6-9-11-7-4-3-5-8-11/h3-4,7-8H,2,6,9-10H2,1H3. The summed E-state index contributed by atoms with van der Waals surface area (Å²) in [5, 5.41) is 0. The minimum Gasteiger partial charge on any atom is -0.382 e. The Morgan fingerprint density at radius 1 is 1.50 bits per heavy atom. The van der Waals surface area contributed by atoms with Crippen LogP contribution in [0, 0.1) is 6.07 Å². The van der Waals surface area contributed by atoms with Gasteiger partial charge in [0.05, 0.1) is 0 Å². The minimum atomic E-state index is 0.820. The maximum Gasteiger partial charge on any atom is 0.0469 e. The van der Waals surface area contributed by atoms with E-state index in [1.165, 1.54) is 5.56 Å². The summed E-state index contributed by atoms with van der Waals surface area (Å²) in [6.07, 6.45) is 2.20. The molecule has 0 aliphatic heterocycles. The van der Waals surface area contributed by atoms with Gasteiger partial charge in [-0.2, -0.15) is 0 Å². The molecular weight excluding hydrogens is 148 g/mol. The van der Waals surface area contributed by atoms with Crippen molar-refractivity contribution in [3.8, 4) is 0 Å². The molecule has 0 fully saturated rings. The lowest BCUT2D eigenvalue weighted by molar-refractivity contribution is 0.145. The van der Waals surface area contributed by atoms with Crippen LogP contribution >= 0.6 is 0 Å². The first-order valence-corrected chi connectivity index (χ1v) is 4.46. The molecule has 1 aromatic rings. The molecule has 0 aliphatic rings. The fourth-order valence-electron chi connectivity index (χ4n) is 1.11. The van der Waals surface area contributed by atoms with E-state index in [1.54, 1.807) is 0 Å². The second kappa shape index (κ2) is 5.78. The van der Waals surface area contributed by atoms with Crippen molar-refractivity contribution in [2.75, 3.05) is 13.2 Å². The Morgan fingerprint density at radius 3 is 3.08 bits per heavy atom. The van der Waals surface area contributed by atoms with Gasteiger partial charge in [-0.25, -0.2) is 0 Å². The number of benzene rings is 1. The Bertz CT molecular complexity index is 193. The maximum atomic E-state index is 5.25. The first-order chi connectivity index (χ1) is 5.93. The topological polar surface area (TPSA) is 9.23 Å². The number of ether oxygens (including phenoxy) is 1. The highest BCUT2D eigenvalue weighted by Crippen LogP contribution is 2.01. The molecule has 0 amide bonds. The predicted molar refractivity (Wildman–Crippen MR) is 50.1 cm³/mol. The average Bonchev–Trinajstić information content (AvgIpc) is 2.14. The summed E-state index contributed by atoms with van der Waals surface area (Å²) in [6, 6.07) is 11.2. The zero-order valence-electron chi connectivity index (χ0n) is 7.55. The van der Waals surface area contributed by atoms with Gasteiger partial charge in [-0.05, 0) is 31.4 Å². The van der Waals surface area contributed by atoms with Crippen LogP contribution in [-0.2, 0) is 11.2 Å². The van der Waals surface area contributed by atoms with Crippen molar-refractivity contribution in [3.63, 3.8) is 0 Å². The van der Waals surface area contributed by atoms with Crippen LogP contribution in [0.4, 0.5) is 0 Å². The van der Waals surface area contributed by atoms with Gasteiger partial charge in [-0.15, -0.1) is 0 Å². The third-order valence-electron chi connectivity index (χ3n) is 1.73. The highest BCUT2D eigenvalue weighted by Gasteiger charge is 1.90. The normalized spacial score (nSPS) is 10.1. The van der Waals surface area contributed by atoms with Crippen molar-refractivity contribution >= 4 is 0 Å². The fourth-order valence-corrected chi connectivity index (χ4v) is 1.11. The Hall–Kier alpha value is -0.820. The van der Waals surface area contributed by atoms with Crippen molar-refractivity contribution in [2.24, 2.45) is 0 Å². The molecule has 12 heavy (non-hydrogen) atoms. The monoisotopic (exact) mass is 163 g/mol. The van der Waals surface area contributed by atoms with Gasteiger partial charge in [0.15, 0.2) is 0 Å². The van der Waals surface area contributed by atoms with Gasteiger partial charge in [-0.3, -0.25) is 0 Å². The smallest absolute Gasteiger partial charge is 0.0469 e. The van der Waals surface area contributed by atoms with Crippen LogP contribution in [0.2, 0.25) is 0 Å². The lowest BCUT2D eigenvalue weighted by Gasteiger charge is -2.00. The summed E-state index contributed by atoms with van der Waals surface area (Å²) in [4.78, 5) is 0. The number of hydrogen-bond donors (Lipinski definition) is 0. The molecule has 0 bridgehead atoms. The summed E-state index contributed by atoms with van der Waals surface area (Å²) in [7, 11) is 0. The number of hydrogen-bond acceptors (Lipinski definition) is 1. The second-order valence-corrected chi connectivity index (χ2v) is 2.71. The minimum absolute atomic E-state index is 0.820. The Labute approximate surface area is 74.4 Å². The highest BCUT2D eigenvalue weighted by molar-refractivity contribution is 5.13.